The Bertz CT molecular complexity index is 1290. The van der Waals surface area contributed by atoms with Gasteiger partial charge in [0.1, 0.15) is 5.75 Å². The molecule has 0 amide bonds. The zero-order valence-corrected chi connectivity index (χ0v) is 18.3. The van der Waals surface area contributed by atoms with Gasteiger partial charge in [-0.05, 0) is 35.7 Å². The molecule has 2 aromatic heterocycles. The molecule has 34 heavy (non-hydrogen) atoms. The van der Waals surface area contributed by atoms with E-state index in [4.69, 9.17) is 4.74 Å². The van der Waals surface area contributed by atoms with Gasteiger partial charge in [-0.25, -0.2) is 4.98 Å². The second-order valence-electron chi connectivity index (χ2n) is 7.77. The normalized spacial score (nSPS) is 11.8. The van der Waals surface area contributed by atoms with Crippen LogP contribution in [0.5, 0.6) is 5.75 Å². The summed E-state index contributed by atoms with van der Waals surface area (Å²) < 4.78 is 5.84. The molecule has 4 rings (SSSR count). The molecule has 0 fully saturated rings. The molecule has 1 unspecified atom stereocenters. The Labute approximate surface area is 195 Å². The first-order valence-corrected chi connectivity index (χ1v) is 10.9. The van der Waals surface area contributed by atoms with Gasteiger partial charge in [-0.15, -0.1) is 0 Å². The zero-order valence-electron chi connectivity index (χ0n) is 18.3. The summed E-state index contributed by atoms with van der Waals surface area (Å²) in [7, 11) is 0. The molecule has 9 nitrogen and oxygen atoms in total. The van der Waals surface area contributed by atoms with Crippen molar-refractivity contribution in [3.8, 4) is 5.75 Å². The van der Waals surface area contributed by atoms with Gasteiger partial charge in [0.25, 0.3) is 0 Å². The molecule has 0 aliphatic rings. The summed E-state index contributed by atoms with van der Waals surface area (Å²) in [6, 6.07) is 18.2. The quantitative estimate of drug-likeness (QED) is 0.164. The fourth-order valence-electron chi connectivity index (χ4n) is 3.92. The minimum Gasteiger partial charge on any atom is -0.493 e. The molecule has 2 aromatic carbocycles. The van der Waals surface area contributed by atoms with Gasteiger partial charge in [0.15, 0.2) is 0 Å². The van der Waals surface area contributed by atoms with Gasteiger partial charge >= 0.3 is 11.7 Å². The third-order valence-electron chi connectivity index (χ3n) is 5.51. The maximum Gasteiger partial charge on any atom is 0.311 e. The summed E-state index contributed by atoms with van der Waals surface area (Å²) in [4.78, 5) is 29.3. The van der Waals surface area contributed by atoms with Gasteiger partial charge in [0.05, 0.1) is 18.0 Å². The van der Waals surface area contributed by atoms with Crippen LogP contribution in [0.2, 0.25) is 0 Å². The molecular formula is C25H24N4O5. The molecule has 1 atom stereocenters. The number of aromatic nitrogens is 2. The number of benzene rings is 2. The summed E-state index contributed by atoms with van der Waals surface area (Å²) in [5.74, 6) is -0.199. The number of nitrogens with one attached hydrogen (secondary N) is 2. The first-order valence-electron chi connectivity index (χ1n) is 10.9. The van der Waals surface area contributed by atoms with E-state index in [2.05, 4.69) is 15.3 Å². The van der Waals surface area contributed by atoms with Crippen LogP contribution in [0, 0.1) is 10.1 Å². The average Bonchev–Trinajstić information content (AvgIpc) is 3.26. The van der Waals surface area contributed by atoms with Crippen LogP contribution in [0.4, 0.5) is 11.5 Å². The largest absolute Gasteiger partial charge is 0.493 e. The number of nitro groups is 1. The monoisotopic (exact) mass is 460 g/mol. The SMILES string of the molecule is O=C(O)CC(c1ccccc1)c1c[nH]c2cc(OCCCNc3ncccc3[N+](=O)[O-])ccc12. The molecule has 0 aliphatic carbocycles. The maximum atomic E-state index is 11.5. The van der Waals surface area contributed by atoms with Crippen LogP contribution >= 0.6 is 0 Å². The second-order valence-corrected chi connectivity index (χ2v) is 7.77. The van der Waals surface area contributed by atoms with Crippen molar-refractivity contribution in [3.63, 3.8) is 0 Å². The molecule has 0 bridgehead atoms. The molecule has 0 spiro atoms. The van der Waals surface area contributed by atoms with E-state index in [1.807, 2.05) is 54.7 Å². The highest BCUT2D eigenvalue weighted by atomic mass is 16.6. The molecule has 4 aromatic rings. The Balaban J connectivity index is 1.39. The smallest absolute Gasteiger partial charge is 0.311 e. The maximum absolute atomic E-state index is 11.5. The van der Waals surface area contributed by atoms with E-state index < -0.39 is 10.9 Å². The highest BCUT2D eigenvalue weighted by Crippen LogP contribution is 2.34. The van der Waals surface area contributed by atoms with Gasteiger partial charge in [-0.3, -0.25) is 14.9 Å². The molecule has 0 radical (unpaired) electrons. The Kier molecular flexibility index (Phi) is 7.02. The van der Waals surface area contributed by atoms with Gasteiger partial charge < -0.3 is 20.1 Å². The lowest BCUT2D eigenvalue weighted by Crippen LogP contribution is -2.09. The third-order valence-corrected chi connectivity index (χ3v) is 5.51. The van der Waals surface area contributed by atoms with E-state index >= 15 is 0 Å². The van der Waals surface area contributed by atoms with E-state index in [-0.39, 0.29) is 23.8 Å². The first kappa shape index (κ1) is 22.8. The van der Waals surface area contributed by atoms with Crippen molar-refractivity contribution < 1.29 is 19.6 Å². The van der Waals surface area contributed by atoms with E-state index in [1.165, 1.54) is 18.3 Å². The summed E-state index contributed by atoms with van der Waals surface area (Å²) in [6.45, 7) is 0.888. The van der Waals surface area contributed by atoms with E-state index in [1.54, 1.807) is 0 Å². The summed E-state index contributed by atoms with van der Waals surface area (Å²) >= 11 is 0. The van der Waals surface area contributed by atoms with Crippen molar-refractivity contribution in [1.29, 1.82) is 0 Å². The zero-order chi connectivity index (χ0) is 23.9. The summed E-state index contributed by atoms with van der Waals surface area (Å²) in [6.07, 6.45) is 3.98. The number of aromatic amines is 1. The highest BCUT2D eigenvalue weighted by Gasteiger charge is 2.21. The Morgan fingerprint density at radius 2 is 2.00 bits per heavy atom. The number of pyridine rings is 1. The number of carboxylic acids is 1. The predicted molar refractivity (Wildman–Crippen MR) is 128 cm³/mol. The third kappa shape index (κ3) is 5.32. The van der Waals surface area contributed by atoms with Crippen LogP contribution < -0.4 is 10.1 Å². The van der Waals surface area contributed by atoms with Crippen LogP contribution in [-0.2, 0) is 4.79 Å². The van der Waals surface area contributed by atoms with Crippen molar-refractivity contribution in [2.75, 3.05) is 18.5 Å². The van der Waals surface area contributed by atoms with E-state index in [9.17, 15) is 20.0 Å². The first-order chi connectivity index (χ1) is 16.5. The molecular weight excluding hydrogens is 436 g/mol. The predicted octanol–water partition coefficient (Wildman–Crippen LogP) is 4.96. The molecule has 2 heterocycles. The molecule has 0 saturated carbocycles. The second kappa shape index (κ2) is 10.5. The minimum absolute atomic E-state index is 0.00332. The number of H-pyrrole nitrogens is 1. The number of aliphatic carboxylic acids is 1. The number of hydrogen-bond acceptors (Lipinski definition) is 6. The fourth-order valence-corrected chi connectivity index (χ4v) is 3.92. The number of nitrogens with zero attached hydrogens (tertiary/aromatic N) is 2. The van der Waals surface area contributed by atoms with Crippen LogP contribution in [0.1, 0.15) is 29.9 Å². The Morgan fingerprint density at radius 3 is 2.76 bits per heavy atom. The van der Waals surface area contributed by atoms with Gasteiger partial charge in [-0.2, -0.15) is 0 Å². The lowest BCUT2D eigenvalue weighted by molar-refractivity contribution is -0.384. The van der Waals surface area contributed by atoms with E-state index in [0.29, 0.717) is 25.3 Å². The summed E-state index contributed by atoms with van der Waals surface area (Å²) in [5.41, 5.74) is 2.68. The molecule has 3 N–H and O–H groups in total. The number of carbonyl (C=O) groups is 1. The lowest BCUT2D eigenvalue weighted by Gasteiger charge is -2.15. The van der Waals surface area contributed by atoms with Crippen molar-refractivity contribution in [1.82, 2.24) is 9.97 Å². The Hall–Kier alpha value is -4.40. The van der Waals surface area contributed by atoms with Crippen LogP contribution in [0.3, 0.4) is 0 Å². The molecule has 174 valence electrons. The number of rotatable bonds is 11. The summed E-state index contributed by atoms with van der Waals surface area (Å²) in [5, 5.41) is 24.4. The number of anilines is 1. The van der Waals surface area contributed by atoms with Crippen LogP contribution in [0.25, 0.3) is 10.9 Å². The highest BCUT2D eigenvalue weighted by molar-refractivity contribution is 5.86. The number of carboxylic acid groups (broad SMARTS) is 1. The average molecular weight is 460 g/mol. The number of fused-ring (bicyclic) bond motifs is 1. The van der Waals surface area contributed by atoms with E-state index in [0.717, 1.165) is 22.0 Å². The molecule has 0 saturated heterocycles. The van der Waals surface area contributed by atoms with Crippen molar-refractivity contribution in [2.24, 2.45) is 0 Å². The van der Waals surface area contributed by atoms with Crippen LogP contribution in [0.15, 0.2) is 73.1 Å². The number of ether oxygens (including phenoxy) is 1. The number of hydrogen-bond donors (Lipinski definition) is 3. The van der Waals surface area contributed by atoms with Crippen molar-refractivity contribution in [3.05, 3.63) is 94.3 Å². The van der Waals surface area contributed by atoms with Crippen molar-refractivity contribution >= 4 is 28.4 Å². The molecule has 0 aliphatic heterocycles. The lowest BCUT2D eigenvalue weighted by atomic mass is 9.88. The fraction of sp³-hybridized carbons (Fsp3) is 0.200. The minimum atomic E-state index is -0.854. The van der Waals surface area contributed by atoms with Crippen LogP contribution in [-0.4, -0.2) is 39.1 Å². The van der Waals surface area contributed by atoms with Gasteiger partial charge in [0, 0.05) is 47.9 Å². The Morgan fingerprint density at radius 1 is 1.18 bits per heavy atom. The topological polar surface area (TPSA) is 130 Å². The van der Waals surface area contributed by atoms with Crippen molar-refractivity contribution in [2.45, 2.75) is 18.8 Å². The standard InChI is InChI=1S/C25H24N4O5/c30-24(31)15-20(17-6-2-1-3-7-17)21-16-28-22-14-18(9-10-19(21)22)34-13-5-12-27-25-23(29(32)33)8-4-11-26-25/h1-4,6-11,14,16,20,28H,5,12-13,15H2,(H,26,27)(H,30,31). The van der Waals surface area contributed by atoms with Gasteiger partial charge in [-0.1, -0.05) is 30.3 Å². The molecule has 9 heteroatoms. The van der Waals surface area contributed by atoms with Gasteiger partial charge in [0.2, 0.25) is 5.82 Å².